The molecule has 30 heavy (non-hydrogen) atoms. The van der Waals surface area contributed by atoms with Crippen LogP contribution >= 0.6 is 0 Å². The molecule has 0 aromatic heterocycles. The number of hydrogen-bond donors (Lipinski definition) is 2. The molecule has 2 aromatic carbocycles. The Balaban J connectivity index is 1.22. The molecule has 5 nitrogen and oxygen atoms in total. The van der Waals surface area contributed by atoms with E-state index in [1.54, 1.807) is 0 Å². The predicted molar refractivity (Wildman–Crippen MR) is 115 cm³/mol. The molecule has 0 radical (unpaired) electrons. The highest BCUT2D eigenvalue weighted by molar-refractivity contribution is 6.02. The summed E-state index contributed by atoms with van der Waals surface area (Å²) in [5.41, 5.74) is 3.89. The summed E-state index contributed by atoms with van der Waals surface area (Å²) in [5.74, 6) is 1.00. The Morgan fingerprint density at radius 2 is 1.80 bits per heavy atom. The van der Waals surface area contributed by atoms with E-state index in [1.165, 1.54) is 11.1 Å². The lowest BCUT2D eigenvalue weighted by atomic mass is 9.58. The number of benzene rings is 2. The number of carbonyl (C=O) groups is 2. The van der Waals surface area contributed by atoms with Gasteiger partial charge in [-0.3, -0.25) is 9.59 Å². The van der Waals surface area contributed by atoms with E-state index in [4.69, 9.17) is 0 Å². The zero-order chi connectivity index (χ0) is 20.3. The standard InChI is InChI=1S/C25H27N3O2/c29-23-20-7-3-4-8-22(20)26-25(27-23)14-17-9-10-19(25)13-21(17)24(30)28-12-11-16-5-1-2-6-18(16)15-28/h1-8,17,19,21,26H,9-15H2,(H,27,29)/t17-,19+,21-,25-/m1/s1. The molecule has 7 rings (SSSR count). The number of amides is 2. The Morgan fingerprint density at radius 1 is 1.00 bits per heavy atom. The quantitative estimate of drug-likeness (QED) is 0.768. The molecule has 3 aliphatic carbocycles. The van der Waals surface area contributed by atoms with Gasteiger partial charge in [-0.15, -0.1) is 0 Å². The summed E-state index contributed by atoms with van der Waals surface area (Å²) in [7, 11) is 0. The van der Waals surface area contributed by atoms with E-state index in [0.717, 1.165) is 50.9 Å². The summed E-state index contributed by atoms with van der Waals surface area (Å²) in [6, 6.07) is 16.2. The van der Waals surface area contributed by atoms with E-state index in [0.29, 0.717) is 17.4 Å². The fraction of sp³-hybridized carbons (Fsp3) is 0.440. The van der Waals surface area contributed by atoms with E-state index in [2.05, 4.69) is 39.8 Å². The summed E-state index contributed by atoms with van der Waals surface area (Å²) in [6.45, 7) is 1.55. The van der Waals surface area contributed by atoms with Gasteiger partial charge in [0, 0.05) is 30.6 Å². The molecule has 5 aliphatic rings. The minimum Gasteiger partial charge on any atom is -0.362 e. The van der Waals surface area contributed by atoms with E-state index < -0.39 is 5.66 Å². The topological polar surface area (TPSA) is 61.4 Å². The van der Waals surface area contributed by atoms with Crippen LogP contribution in [0, 0.1) is 17.8 Å². The zero-order valence-electron chi connectivity index (χ0n) is 17.1. The average molecular weight is 402 g/mol. The van der Waals surface area contributed by atoms with Gasteiger partial charge in [-0.2, -0.15) is 0 Å². The van der Waals surface area contributed by atoms with Gasteiger partial charge in [0.05, 0.1) is 5.56 Å². The first kappa shape index (κ1) is 18.0. The number of anilines is 1. The molecule has 4 atom stereocenters. The molecule has 3 fully saturated rings. The van der Waals surface area contributed by atoms with Gasteiger partial charge in [0.2, 0.25) is 5.91 Å². The summed E-state index contributed by atoms with van der Waals surface area (Å²) >= 11 is 0. The second kappa shape index (κ2) is 6.59. The fourth-order valence-electron chi connectivity index (χ4n) is 6.36. The van der Waals surface area contributed by atoms with Gasteiger partial charge in [0.25, 0.3) is 5.91 Å². The van der Waals surface area contributed by atoms with Crippen LogP contribution in [0.4, 0.5) is 5.69 Å². The SMILES string of the molecule is O=C1N[C@@]2(C[C@H]3CC[C@H]2C[C@H]3C(=O)N2CCc3ccccc3C2)Nc2ccccc21. The van der Waals surface area contributed by atoms with Crippen molar-refractivity contribution in [1.82, 2.24) is 10.2 Å². The molecule has 2 aliphatic heterocycles. The van der Waals surface area contributed by atoms with Gasteiger partial charge >= 0.3 is 0 Å². The van der Waals surface area contributed by atoms with Crippen molar-refractivity contribution in [2.75, 3.05) is 11.9 Å². The number of carbonyl (C=O) groups excluding carboxylic acids is 2. The summed E-state index contributed by atoms with van der Waals surface area (Å²) in [6.07, 6.45) is 4.77. The minimum atomic E-state index is -0.403. The maximum atomic E-state index is 13.5. The molecule has 1 spiro atoms. The number of hydrogen-bond acceptors (Lipinski definition) is 3. The highest BCUT2D eigenvalue weighted by Crippen LogP contribution is 2.52. The number of fused-ring (bicyclic) bond motifs is 4. The third kappa shape index (κ3) is 2.68. The summed E-state index contributed by atoms with van der Waals surface area (Å²) in [4.78, 5) is 28.4. The molecule has 3 saturated carbocycles. The maximum Gasteiger partial charge on any atom is 0.255 e. The van der Waals surface area contributed by atoms with Crippen LogP contribution in [0.5, 0.6) is 0 Å². The highest BCUT2D eigenvalue weighted by atomic mass is 16.2. The van der Waals surface area contributed by atoms with Gasteiger partial charge in [0.1, 0.15) is 5.66 Å². The third-order valence-corrected chi connectivity index (χ3v) is 7.90. The molecule has 2 aromatic rings. The normalized spacial score (nSPS) is 31.5. The van der Waals surface area contributed by atoms with Crippen molar-refractivity contribution in [1.29, 1.82) is 0 Å². The predicted octanol–water partition coefficient (Wildman–Crippen LogP) is 3.56. The minimum absolute atomic E-state index is 0.00686. The zero-order valence-corrected chi connectivity index (χ0v) is 17.1. The van der Waals surface area contributed by atoms with Crippen molar-refractivity contribution in [2.24, 2.45) is 17.8 Å². The first-order valence-electron chi connectivity index (χ1n) is 11.2. The third-order valence-electron chi connectivity index (χ3n) is 7.90. The first-order valence-corrected chi connectivity index (χ1v) is 11.2. The molecular weight excluding hydrogens is 374 g/mol. The molecule has 0 unspecified atom stereocenters. The van der Waals surface area contributed by atoms with Crippen molar-refractivity contribution in [3.8, 4) is 0 Å². The Bertz CT molecular complexity index is 1030. The van der Waals surface area contributed by atoms with Crippen LogP contribution in [-0.2, 0) is 17.8 Å². The first-order chi connectivity index (χ1) is 14.6. The van der Waals surface area contributed by atoms with E-state index in [-0.39, 0.29) is 17.7 Å². The molecule has 154 valence electrons. The Hall–Kier alpha value is -2.82. The largest absolute Gasteiger partial charge is 0.362 e. The number of rotatable bonds is 1. The van der Waals surface area contributed by atoms with Gasteiger partial charge in [0.15, 0.2) is 0 Å². The average Bonchev–Trinajstić information content (AvgIpc) is 2.78. The van der Waals surface area contributed by atoms with Crippen LogP contribution in [0.3, 0.4) is 0 Å². The van der Waals surface area contributed by atoms with Crippen LogP contribution in [0.15, 0.2) is 48.5 Å². The molecule has 0 saturated heterocycles. The second-order valence-electron chi connectivity index (χ2n) is 9.46. The Morgan fingerprint density at radius 3 is 2.63 bits per heavy atom. The molecule has 2 N–H and O–H groups in total. The number of para-hydroxylation sites is 1. The van der Waals surface area contributed by atoms with Gasteiger partial charge in [-0.1, -0.05) is 36.4 Å². The van der Waals surface area contributed by atoms with Crippen molar-refractivity contribution in [2.45, 2.75) is 44.3 Å². The van der Waals surface area contributed by atoms with E-state index >= 15 is 0 Å². The number of nitrogens with zero attached hydrogens (tertiary/aromatic N) is 1. The molecule has 2 amide bonds. The van der Waals surface area contributed by atoms with Gasteiger partial charge < -0.3 is 15.5 Å². The van der Waals surface area contributed by atoms with Crippen LogP contribution in [0.1, 0.15) is 47.2 Å². The maximum absolute atomic E-state index is 13.5. The smallest absolute Gasteiger partial charge is 0.255 e. The Kier molecular flexibility index (Phi) is 3.95. The summed E-state index contributed by atoms with van der Waals surface area (Å²) in [5, 5.41) is 6.97. The van der Waals surface area contributed by atoms with Gasteiger partial charge in [-0.05, 0) is 61.3 Å². The monoisotopic (exact) mass is 401 g/mol. The van der Waals surface area contributed by atoms with Crippen LogP contribution in [0.25, 0.3) is 0 Å². The molecule has 2 bridgehead atoms. The molecule has 2 heterocycles. The Labute approximate surface area is 176 Å². The van der Waals surface area contributed by atoms with E-state index in [9.17, 15) is 9.59 Å². The van der Waals surface area contributed by atoms with Crippen molar-refractivity contribution in [3.63, 3.8) is 0 Å². The lowest BCUT2D eigenvalue weighted by molar-refractivity contribution is -0.144. The van der Waals surface area contributed by atoms with Crippen molar-refractivity contribution in [3.05, 3.63) is 65.2 Å². The van der Waals surface area contributed by atoms with Gasteiger partial charge in [-0.25, -0.2) is 0 Å². The van der Waals surface area contributed by atoms with Crippen LogP contribution in [0.2, 0.25) is 0 Å². The van der Waals surface area contributed by atoms with Crippen molar-refractivity contribution < 1.29 is 9.59 Å². The van der Waals surface area contributed by atoms with Crippen LogP contribution < -0.4 is 10.6 Å². The lowest BCUT2D eigenvalue weighted by Gasteiger charge is -2.56. The van der Waals surface area contributed by atoms with Crippen LogP contribution in [-0.4, -0.2) is 28.9 Å². The molecular formula is C25H27N3O2. The second-order valence-corrected chi connectivity index (χ2v) is 9.46. The summed E-state index contributed by atoms with van der Waals surface area (Å²) < 4.78 is 0. The lowest BCUT2D eigenvalue weighted by Crippen LogP contribution is -2.68. The number of nitrogens with one attached hydrogen (secondary N) is 2. The fourth-order valence-corrected chi connectivity index (χ4v) is 6.36. The molecule has 5 heteroatoms. The highest BCUT2D eigenvalue weighted by Gasteiger charge is 2.55. The van der Waals surface area contributed by atoms with E-state index in [1.807, 2.05) is 24.3 Å². The van der Waals surface area contributed by atoms with Crippen molar-refractivity contribution >= 4 is 17.5 Å².